The normalized spacial score (nSPS) is 10.1. The van der Waals surface area contributed by atoms with Gasteiger partial charge >= 0.3 is 12.0 Å². The fourth-order valence-electron chi connectivity index (χ4n) is 2.16. The zero-order valence-corrected chi connectivity index (χ0v) is 13.9. The molecule has 2 aromatic rings. The number of hydrogen-bond acceptors (Lipinski definition) is 3. The first kappa shape index (κ1) is 18.3. The minimum absolute atomic E-state index is 0.0855. The van der Waals surface area contributed by atoms with E-state index in [0.717, 1.165) is 16.9 Å². The summed E-state index contributed by atoms with van der Waals surface area (Å²) < 4.78 is 5.73. The van der Waals surface area contributed by atoms with Gasteiger partial charge in [-0.05, 0) is 29.7 Å². The van der Waals surface area contributed by atoms with Crippen molar-refractivity contribution < 1.29 is 19.4 Å². The molecule has 0 heterocycles. The predicted octanol–water partition coefficient (Wildman–Crippen LogP) is 2.58. The third-order valence-electron chi connectivity index (χ3n) is 3.50. The molecule has 0 aliphatic heterocycles. The summed E-state index contributed by atoms with van der Waals surface area (Å²) in [6, 6.07) is 17.3. The molecule has 0 bridgehead atoms. The van der Waals surface area contributed by atoms with Crippen LogP contribution in [0.5, 0.6) is 5.75 Å². The molecule has 6 heteroatoms. The van der Waals surface area contributed by atoms with Crippen LogP contribution >= 0.6 is 0 Å². The third kappa shape index (κ3) is 7.39. The van der Waals surface area contributed by atoms with Crippen LogP contribution in [-0.4, -0.2) is 30.2 Å². The summed E-state index contributed by atoms with van der Waals surface area (Å²) in [5.41, 5.74) is 2.20. The molecule has 0 radical (unpaired) electrons. The fourth-order valence-corrected chi connectivity index (χ4v) is 2.16. The second-order valence-corrected chi connectivity index (χ2v) is 5.49. The number of carbonyl (C=O) groups excluding carboxylic acids is 1. The number of benzene rings is 2. The molecule has 0 saturated carbocycles. The zero-order chi connectivity index (χ0) is 17.9. The van der Waals surface area contributed by atoms with Gasteiger partial charge in [0.05, 0.1) is 6.42 Å². The maximum atomic E-state index is 11.5. The largest absolute Gasteiger partial charge is 0.489 e. The Kier molecular flexibility index (Phi) is 7.31. The van der Waals surface area contributed by atoms with E-state index in [2.05, 4.69) is 10.6 Å². The van der Waals surface area contributed by atoms with Gasteiger partial charge in [0.15, 0.2) is 0 Å². The molecule has 2 amide bonds. The zero-order valence-electron chi connectivity index (χ0n) is 13.9. The summed E-state index contributed by atoms with van der Waals surface area (Å²) in [7, 11) is 0. The molecular weight excluding hydrogens is 320 g/mol. The Morgan fingerprint density at radius 1 is 0.880 bits per heavy atom. The number of rotatable bonds is 9. The Morgan fingerprint density at radius 3 is 2.24 bits per heavy atom. The van der Waals surface area contributed by atoms with Gasteiger partial charge in [-0.25, -0.2) is 4.79 Å². The van der Waals surface area contributed by atoms with Crippen molar-refractivity contribution in [1.82, 2.24) is 10.6 Å². The first-order valence-electron chi connectivity index (χ1n) is 8.12. The van der Waals surface area contributed by atoms with Gasteiger partial charge in [-0.3, -0.25) is 4.79 Å². The molecule has 0 aliphatic carbocycles. The molecule has 0 saturated heterocycles. The van der Waals surface area contributed by atoms with Gasteiger partial charge in [-0.15, -0.1) is 0 Å². The highest BCUT2D eigenvalue weighted by Crippen LogP contribution is 2.14. The third-order valence-corrected chi connectivity index (χ3v) is 3.50. The molecule has 0 fully saturated rings. The van der Waals surface area contributed by atoms with Crippen molar-refractivity contribution in [1.29, 1.82) is 0 Å². The van der Waals surface area contributed by atoms with E-state index < -0.39 is 5.97 Å². The number of hydrogen-bond donors (Lipinski definition) is 3. The van der Waals surface area contributed by atoms with E-state index in [9.17, 15) is 9.59 Å². The predicted molar refractivity (Wildman–Crippen MR) is 94.6 cm³/mol. The average Bonchev–Trinajstić information content (AvgIpc) is 2.61. The Labute approximate surface area is 146 Å². The van der Waals surface area contributed by atoms with Crippen molar-refractivity contribution in [3.8, 4) is 5.75 Å². The Morgan fingerprint density at radius 2 is 1.56 bits per heavy atom. The van der Waals surface area contributed by atoms with E-state index in [1.54, 1.807) is 0 Å². The Hall–Kier alpha value is -3.02. The van der Waals surface area contributed by atoms with Crippen molar-refractivity contribution in [2.45, 2.75) is 19.4 Å². The van der Waals surface area contributed by atoms with Crippen LogP contribution in [-0.2, 0) is 17.8 Å². The number of nitrogens with one attached hydrogen (secondary N) is 2. The quantitative estimate of drug-likeness (QED) is 0.654. The van der Waals surface area contributed by atoms with Gasteiger partial charge in [0.25, 0.3) is 0 Å². The molecule has 132 valence electrons. The summed E-state index contributed by atoms with van der Waals surface area (Å²) in [4.78, 5) is 21.8. The molecule has 0 atom stereocenters. The van der Waals surface area contributed by atoms with Crippen molar-refractivity contribution in [2.24, 2.45) is 0 Å². The molecule has 0 spiro atoms. The average molecular weight is 342 g/mol. The number of carboxylic acids is 1. The number of urea groups is 1. The number of aliphatic carboxylic acids is 1. The maximum absolute atomic E-state index is 11.5. The lowest BCUT2D eigenvalue weighted by molar-refractivity contribution is -0.136. The smallest absolute Gasteiger partial charge is 0.314 e. The second-order valence-electron chi connectivity index (χ2n) is 5.49. The first-order chi connectivity index (χ1) is 12.1. The molecule has 0 aromatic heterocycles. The minimum atomic E-state index is -0.935. The number of amides is 2. The minimum Gasteiger partial charge on any atom is -0.489 e. The summed E-state index contributed by atoms with van der Waals surface area (Å²) in [6.07, 6.45) is 0.600. The van der Waals surface area contributed by atoms with E-state index in [4.69, 9.17) is 9.84 Å². The van der Waals surface area contributed by atoms with Gasteiger partial charge < -0.3 is 20.5 Å². The van der Waals surface area contributed by atoms with Crippen molar-refractivity contribution >= 4 is 12.0 Å². The van der Waals surface area contributed by atoms with Crippen LogP contribution in [0, 0.1) is 0 Å². The van der Waals surface area contributed by atoms with Gasteiger partial charge in [-0.2, -0.15) is 0 Å². The van der Waals surface area contributed by atoms with Crippen LogP contribution in [0.15, 0.2) is 54.6 Å². The highest BCUT2D eigenvalue weighted by atomic mass is 16.5. The van der Waals surface area contributed by atoms with Gasteiger partial charge in [0.1, 0.15) is 12.4 Å². The van der Waals surface area contributed by atoms with E-state index in [0.29, 0.717) is 19.6 Å². The van der Waals surface area contributed by atoms with E-state index >= 15 is 0 Å². The van der Waals surface area contributed by atoms with Crippen LogP contribution in [0.4, 0.5) is 4.79 Å². The molecule has 0 unspecified atom stereocenters. The monoisotopic (exact) mass is 342 g/mol. The lowest BCUT2D eigenvalue weighted by Gasteiger charge is -2.09. The summed E-state index contributed by atoms with van der Waals surface area (Å²) in [6.45, 7) is 1.12. The standard InChI is InChI=1S/C19H22N2O4/c22-18(23)11-13-21-19(24)20-12-10-15-6-8-17(9-7-15)25-14-16-4-2-1-3-5-16/h1-9H,10-14H2,(H,22,23)(H2,20,21,24). The Bertz CT molecular complexity index is 672. The van der Waals surface area contributed by atoms with E-state index in [-0.39, 0.29) is 19.0 Å². The summed E-state index contributed by atoms with van der Waals surface area (Å²) in [5.74, 6) is -0.137. The number of ether oxygens (including phenoxy) is 1. The van der Waals surface area contributed by atoms with E-state index in [1.165, 1.54) is 0 Å². The fraction of sp³-hybridized carbons (Fsp3) is 0.263. The summed E-state index contributed by atoms with van der Waals surface area (Å²) in [5, 5.41) is 13.7. The van der Waals surface area contributed by atoms with Crippen LogP contribution in [0.25, 0.3) is 0 Å². The van der Waals surface area contributed by atoms with Gasteiger partial charge in [-0.1, -0.05) is 42.5 Å². The number of carbonyl (C=O) groups is 2. The summed E-state index contributed by atoms with van der Waals surface area (Å²) >= 11 is 0. The lowest BCUT2D eigenvalue weighted by Crippen LogP contribution is -2.37. The van der Waals surface area contributed by atoms with Gasteiger partial charge in [0, 0.05) is 13.1 Å². The molecule has 0 aliphatic rings. The van der Waals surface area contributed by atoms with Crippen LogP contribution in [0.1, 0.15) is 17.5 Å². The molecule has 2 rings (SSSR count). The van der Waals surface area contributed by atoms with Crippen molar-refractivity contribution in [3.05, 3.63) is 65.7 Å². The SMILES string of the molecule is O=C(O)CCNC(=O)NCCc1ccc(OCc2ccccc2)cc1. The van der Waals surface area contributed by atoms with E-state index in [1.807, 2.05) is 54.6 Å². The Balaban J connectivity index is 1.66. The molecule has 3 N–H and O–H groups in total. The highest BCUT2D eigenvalue weighted by Gasteiger charge is 2.02. The number of carboxylic acid groups (broad SMARTS) is 1. The van der Waals surface area contributed by atoms with Crippen LogP contribution < -0.4 is 15.4 Å². The topological polar surface area (TPSA) is 87.7 Å². The second kappa shape index (κ2) is 9.97. The lowest BCUT2D eigenvalue weighted by atomic mass is 10.1. The molecule has 2 aromatic carbocycles. The molecule has 6 nitrogen and oxygen atoms in total. The maximum Gasteiger partial charge on any atom is 0.314 e. The molecular formula is C19H22N2O4. The van der Waals surface area contributed by atoms with Crippen molar-refractivity contribution in [3.63, 3.8) is 0 Å². The highest BCUT2D eigenvalue weighted by molar-refractivity contribution is 5.74. The molecule has 25 heavy (non-hydrogen) atoms. The van der Waals surface area contributed by atoms with Gasteiger partial charge in [0.2, 0.25) is 0 Å². The van der Waals surface area contributed by atoms with Crippen molar-refractivity contribution in [2.75, 3.05) is 13.1 Å². The van der Waals surface area contributed by atoms with Crippen LogP contribution in [0.3, 0.4) is 0 Å². The van der Waals surface area contributed by atoms with Crippen LogP contribution in [0.2, 0.25) is 0 Å². The first-order valence-corrected chi connectivity index (χ1v) is 8.12.